The molecule has 0 aliphatic carbocycles. The molecule has 0 aliphatic rings. The van der Waals surface area contributed by atoms with Crippen molar-refractivity contribution in [3.8, 4) is 0 Å². The van der Waals surface area contributed by atoms with Crippen LogP contribution in [-0.2, 0) is 0 Å². The van der Waals surface area contributed by atoms with Crippen LogP contribution in [0, 0.1) is 0 Å². The van der Waals surface area contributed by atoms with Crippen LogP contribution in [-0.4, -0.2) is 11.9 Å². The Hall–Kier alpha value is -0.370. The Kier molecular flexibility index (Phi) is 3.61. The summed E-state index contributed by atoms with van der Waals surface area (Å²) in [5.74, 6) is 0. The van der Waals surface area contributed by atoms with Gasteiger partial charge in [-0.3, -0.25) is 0 Å². The molecule has 0 aromatic carbocycles. The maximum atomic E-state index is 5.38. The second-order valence-corrected chi connectivity index (χ2v) is 1.41. The highest BCUT2D eigenvalue weighted by atomic mass is 35.5. The van der Waals surface area contributed by atoms with Crippen LogP contribution in [0.3, 0.4) is 0 Å². The Morgan fingerprint density at radius 1 is 1.86 bits per heavy atom. The highest BCUT2D eigenvalue weighted by Gasteiger charge is 1.81. The first-order valence-electron chi connectivity index (χ1n) is 1.99. The monoisotopic (exact) mass is 118 g/mol. The third-order valence-electron chi connectivity index (χ3n) is 0.471. The zero-order valence-corrected chi connectivity index (χ0v) is 4.94. The van der Waals surface area contributed by atoms with Crippen molar-refractivity contribution in [3.05, 3.63) is 0 Å². The molecular weight excluding hydrogens is 112 g/mol. The summed E-state index contributed by atoms with van der Waals surface area (Å²) >= 11 is 5.38. The van der Waals surface area contributed by atoms with Crippen LogP contribution in [0.5, 0.6) is 0 Å². The summed E-state index contributed by atoms with van der Waals surface area (Å²) in [6, 6.07) is 0. The summed E-state index contributed by atoms with van der Waals surface area (Å²) in [4.78, 5) is 0. The summed E-state index contributed by atoms with van der Waals surface area (Å²) in [5.41, 5.74) is 0. The van der Waals surface area contributed by atoms with E-state index in [1.165, 1.54) is 0 Å². The highest BCUT2D eigenvalue weighted by molar-refractivity contribution is 6.65. The topological polar surface area (TPSA) is 24.7 Å². The van der Waals surface area contributed by atoms with Gasteiger partial charge in [0.15, 0.2) is 0 Å². The molecule has 0 aromatic rings. The minimum absolute atomic E-state index is 0.495. The zero-order chi connectivity index (χ0) is 5.70. The molecule has 0 aromatic heterocycles. The fourth-order valence-electron chi connectivity index (χ4n) is 0.147. The van der Waals surface area contributed by atoms with Gasteiger partial charge in [-0.2, -0.15) is 5.10 Å². The van der Waals surface area contributed by atoms with Crippen molar-refractivity contribution < 1.29 is 0 Å². The number of hydrogen-bond donors (Lipinski definition) is 0. The van der Waals surface area contributed by atoms with Gasteiger partial charge in [-0.05, 0) is 6.42 Å². The number of hydrogen-bond acceptors (Lipinski definition) is 2. The smallest absolute Gasteiger partial charge is 0.128 e. The SMILES string of the molecule is C=N/N=C(/Cl)CC. The minimum Gasteiger partial charge on any atom is -0.166 e. The maximum Gasteiger partial charge on any atom is 0.128 e. The van der Waals surface area contributed by atoms with Crippen molar-refractivity contribution in [1.29, 1.82) is 0 Å². The van der Waals surface area contributed by atoms with Gasteiger partial charge < -0.3 is 0 Å². The fourth-order valence-corrected chi connectivity index (χ4v) is 0.201. The maximum absolute atomic E-state index is 5.38. The third kappa shape index (κ3) is 3.46. The molecule has 0 heterocycles. The third-order valence-corrected chi connectivity index (χ3v) is 0.814. The first kappa shape index (κ1) is 6.63. The normalized spacial score (nSPS) is 11.4. The molecule has 0 fully saturated rings. The van der Waals surface area contributed by atoms with Gasteiger partial charge in [0.05, 0.1) is 0 Å². The average Bonchev–Trinajstić information content (AvgIpc) is 1.68. The van der Waals surface area contributed by atoms with E-state index in [1.54, 1.807) is 0 Å². The molecule has 0 atom stereocenters. The largest absolute Gasteiger partial charge is 0.166 e. The van der Waals surface area contributed by atoms with Crippen molar-refractivity contribution in [2.24, 2.45) is 10.2 Å². The molecule has 0 radical (unpaired) electrons. The van der Waals surface area contributed by atoms with Crippen LogP contribution in [0.25, 0.3) is 0 Å². The molecule has 3 heteroatoms. The molecule has 40 valence electrons. The molecule has 7 heavy (non-hydrogen) atoms. The standard InChI is InChI=1S/C4H7ClN2/c1-3-4(5)7-6-2/h2-3H2,1H3/b7-4+. The molecule has 0 aliphatic heterocycles. The molecule has 0 unspecified atom stereocenters. The van der Waals surface area contributed by atoms with Gasteiger partial charge in [-0.25, -0.2) is 0 Å². The van der Waals surface area contributed by atoms with E-state index in [0.29, 0.717) is 5.17 Å². The average molecular weight is 119 g/mol. The lowest BCUT2D eigenvalue weighted by atomic mass is 10.5. The Balaban J connectivity index is 3.49. The number of halogens is 1. The summed E-state index contributed by atoms with van der Waals surface area (Å²) in [6.45, 7) is 5.03. The van der Waals surface area contributed by atoms with Gasteiger partial charge in [0.1, 0.15) is 5.17 Å². The van der Waals surface area contributed by atoms with Crippen molar-refractivity contribution >= 4 is 23.5 Å². The molecule has 0 saturated heterocycles. The molecule has 0 N–H and O–H groups in total. The first-order valence-corrected chi connectivity index (χ1v) is 2.37. The molecule has 0 spiro atoms. The van der Waals surface area contributed by atoms with E-state index in [-0.39, 0.29) is 0 Å². The second-order valence-electron chi connectivity index (χ2n) is 0.971. The van der Waals surface area contributed by atoms with Crippen LogP contribution in [0.2, 0.25) is 0 Å². The quantitative estimate of drug-likeness (QED) is 0.389. The van der Waals surface area contributed by atoms with E-state index in [1.807, 2.05) is 6.92 Å². The Bertz CT molecular complexity index is 87.7. The molecular formula is C4H7ClN2. The molecule has 0 amide bonds. The van der Waals surface area contributed by atoms with Gasteiger partial charge in [0.25, 0.3) is 0 Å². The van der Waals surface area contributed by atoms with Crippen molar-refractivity contribution in [3.63, 3.8) is 0 Å². The Morgan fingerprint density at radius 3 is 2.57 bits per heavy atom. The molecule has 2 nitrogen and oxygen atoms in total. The van der Waals surface area contributed by atoms with Gasteiger partial charge in [-0.15, -0.1) is 5.10 Å². The molecule has 0 rings (SSSR count). The van der Waals surface area contributed by atoms with E-state index < -0.39 is 0 Å². The van der Waals surface area contributed by atoms with E-state index in [4.69, 9.17) is 11.6 Å². The predicted octanol–water partition coefficient (Wildman–Crippen LogP) is 1.65. The van der Waals surface area contributed by atoms with Crippen molar-refractivity contribution in [2.75, 3.05) is 0 Å². The lowest BCUT2D eigenvalue weighted by Gasteiger charge is -1.80. The van der Waals surface area contributed by atoms with E-state index in [0.717, 1.165) is 6.42 Å². The van der Waals surface area contributed by atoms with Crippen molar-refractivity contribution in [2.45, 2.75) is 13.3 Å². The van der Waals surface area contributed by atoms with Crippen LogP contribution < -0.4 is 0 Å². The zero-order valence-electron chi connectivity index (χ0n) is 4.19. The van der Waals surface area contributed by atoms with Gasteiger partial charge in [0.2, 0.25) is 0 Å². The van der Waals surface area contributed by atoms with Crippen LogP contribution >= 0.6 is 11.6 Å². The van der Waals surface area contributed by atoms with E-state index in [9.17, 15) is 0 Å². The lowest BCUT2D eigenvalue weighted by Crippen LogP contribution is -1.77. The number of nitrogens with zero attached hydrogens (tertiary/aromatic N) is 2. The van der Waals surface area contributed by atoms with Crippen LogP contribution in [0.1, 0.15) is 13.3 Å². The highest BCUT2D eigenvalue weighted by Crippen LogP contribution is 1.89. The number of rotatable bonds is 2. The predicted molar refractivity (Wildman–Crippen MR) is 33.1 cm³/mol. The first-order chi connectivity index (χ1) is 3.31. The van der Waals surface area contributed by atoms with Gasteiger partial charge in [0, 0.05) is 6.72 Å². The van der Waals surface area contributed by atoms with E-state index >= 15 is 0 Å². The lowest BCUT2D eigenvalue weighted by molar-refractivity contribution is 1.21. The summed E-state index contributed by atoms with van der Waals surface area (Å²) in [7, 11) is 0. The van der Waals surface area contributed by atoms with Crippen LogP contribution in [0.15, 0.2) is 10.2 Å². The minimum atomic E-state index is 0.495. The van der Waals surface area contributed by atoms with Crippen molar-refractivity contribution in [1.82, 2.24) is 0 Å². The van der Waals surface area contributed by atoms with E-state index in [2.05, 4.69) is 16.9 Å². The van der Waals surface area contributed by atoms with Gasteiger partial charge >= 0.3 is 0 Å². The van der Waals surface area contributed by atoms with Crippen LogP contribution in [0.4, 0.5) is 0 Å². The summed E-state index contributed by atoms with van der Waals surface area (Å²) < 4.78 is 0. The second kappa shape index (κ2) is 3.81. The summed E-state index contributed by atoms with van der Waals surface area (Å²) in [6.07, 6.45) is 0.723. The molecule has 0 bridgehead atoms. The molecule has 0 saturated carbocycles. The summed E-state index contributed by atoms with van der Waals surface area (Å²) in [5, 5.41) is 7.15. The Labute approximate surface area is 47.9 Å². The fraction of sp³-hybridized carbons (Fsp3) is 0.500. The Morgan fingerprint density at radius 2 is 2.43 bits per heavy atom. The van der Waals surface area contributed by atoms with Gasteiger partial charge in [-0.1, -0.05) is 18.5 Å².